The second-order valence-corrected chi connectivity index (χ2v) is 7.81. The average molecular weight is 394 g/mol. The van der Waals surface area contributed by atoms with Gasteiger partial charge in [-0.05, 0) is 92.0 Å². The molecule has 0 aliphatic heterocycles. The van der Waals surface area contributed by atoms with Crippen LogP contribution in [0.25, 0.3) is 5.57 Å². The lowest BCUT2D eigenvalue weighted by atomic mass is 9.98. The Morgan fingerprint density at radius 1 is 1.17 bits per heavy atom. The molecule has 1 aromatic carbocycles. The topological polar surface area (TPSA) is 51.6 Å². The Morgan fingerprint density at radius 2 is 1.97 bits per heavy atom. The maximum Gasteiger partial charge on any atom is 0.215 e. The number of nitrogens with zero attached hydrogens (tertiary/aromatic N) is 1. The second kappa shape index (κ2) is 9.17. The van der Waals surface area contributed by atoms with Crippen LogP contribution < -0.4 is 9.47 Å². The van der Waals surface area contributed by atoms with Crippen molar-refractivity contribution in [2.45, 2.75) is 52.9 Å². The van der Waals surface area contributed by atoms with Gasteiger partial charge in [0.2, 0.25) is 5.88 Å². The highest BCUT2D eigenvalue weighted by atomic mass is 16.5. The summed E-state index contributed by atoms with van der Waals surface area (Å²) in [5.74, 6) is 1.84. The van der Waals surface area contributed by atoms with Gasteiger partial charge >= 0.3 is 0 Å². The van der Waals surface area contributed by atoms with E-state index in [1.807, 2.05) is 19.2 Å². The van der Waals surface area contributed by atoms with Gasteiger partial charge < -0.3 is 14.6 Å². The third-order valence-corrected chi connectivity index (χ3v) is 5.84. The normalized spacial score (nSPS) is 13.7. The molecule has 0 saturated heterocycles. The summed E-state index contributed by atoms with van der Waals surface area (Å²) >= 11 is 0. The van der Waals surface area contributed by atoms with Crippen LogP contribution in [0.15, 0.2) is 42.3 Å². The smallest absolute Gasteiger partial charge is 0.215 e. The van der Waals surface area contributed by atoms with Crippen molar-refractivity contribution in [2.75, 3.05) is 13.7 Å². The zero-order chi connectivity index (χ0) is 21.0. The number of allylic oxidation sites excluding steroid dienone is 2. The van der Waals surface area contributed by atoms with E-state index in [2.05, 4.69) is 37.5 Å². The van der Waals surface area contributed by atoms with Gasteiger partial charge in [0.05, 0.1) is 12.9 Å². The van der Waals surface area contributed by atoms with E-state index in [4.69, 9.17) is 9.47 Å². The molecule has 0 amide bonds. The number of rotatable bonds is 8. The number of aromatic nitrogens is 1. The molecule has 0 unspecified atom stereocenters. The molecule has 0 bridgehead atoms. The first kappa shape index (κ1) is 21.0. The fraction of sp³-hybridized carbons (Fsp3) is 0.400. The fourth-order valence-electron chi connectivity index (χ4n) is 3.98. The van der Waals surface area contributed by atoms with Gasteiger partial charge in [0.25, 0.3) is 0 Å². The summed E-state index contributed by atoms with van der Waals surface area (Å²) in [4.78, 5) is 4.44. The molecule has 0 atom stereocenters. The Labute approximate surface area is 173 Å². The summed E-state index contributed by atoms with van der Waals surface area (Å²) in [6.45, 7) is 10.4. The first-order valence-electron chi connectivity index (χ1n) is 10.2. The van der Waals surface area contributed by atoms with Crippen molar-refractivity contribution in [3.63, 3.8) is 0 Å². The lowest BCUT2D eigenvalue weighted by molar-refractivity contribution is 0.346. The molecule has 1 aromatic heterocycles. The number of hydrogen-bond acceptors (Lipinski definition) is 4. The van der Waals surface area contributed by atoms with Crippen LogP contribution in [-0.4, -0.2) is 23.8 Å². The molecule has 154 valence electrons. The van der Waals surface area contributed by atoms with Crippen LogP contribution in [0.5, 0.6) is 11.6 Å². The maximum atomic E-state index is 9.36. The second-order valence-electron chi connectivity index (χ2n) is 7.81. The van der Waals surface area contributed by atoms with Crippen molar-refractivity contribution in [1.82, 2.24) is 4.98 Å². The molecule has 0 fully saturated rings. The van der Waals surface area contributed by atoms with E-state index in [1.165, 1.54) is 27.8 Å². The molecule has 0 saturated carbocycles. The van der Waals surface area contributed by atoms with Crippen LogP contribution in [0.4, 0.5) is 0 Å². The molecule has 1 heterocycles. The SMILES string of the molecule is C=C(O)CCc1ccc(OCC2=C(c3cnc(OC)c(C)c3)CCC2)c(C)c1C. The highest BCUT2D eigenvalue weighted by Gasteiger charge is 2.18. The zero-order valence-electron chi connectivity index (χ0n) is 18.0. The number of hydrogen-bond donors (Lipinski definition) is 1. The van der Waals surface area contributed by atoms with Gasteiger partial charge in [-0.25, -0.2) is 4.98 Å². The summed E-state index contributed by atoms with van der Waals surface area (Å²) in [6, 6.07) is 6.30. The molecule has 0 radical (unpaired) electrons. The quantitative estimate of drug-likeness (QED) is 0.556. The summed E-state index contributed by atoms with van der Waals surface area (Å²) in [5.41, 5.74) is 8.55. The molecule has 1 aliphatic rings. The monoisotopic (exact) mass is 393 g/mol. The number of methoxy groups -OCH3 is 1. The standard InChI is InChI=1S/C25H31NO3/c1-16-13-22(14-26-25(16)28-5)23-8-6-7-21(23)15-29-24-12-11-20(10-9-17(2)27)18(3)19(24)4/h11-14,27H,2,6-10,15H2,1,3-5H3. The minimum absolute atomic E-state index is 0.228. The van der Waals surface area contributed by atoms with Crippen molar-refractivity contribution in [1.29, 1.82) is 0 Å². The van der Waals surface area contributed by atoms with Gasteiger partial charge in [0.15, 0.2) is 0 Å². The summed E-state index contributed by atoms with van der Waals surface area (Å²) in [5, 5.41) is 9.36. The highest BCUT2D eigenvalue weighted by molar-refractivity contribution is 5.71. The Balaban J connectivity index is 1.76. The predicted octanol–water partition coefficient (Wildman–Crippen LogP) is 6.04. The first-order valence-corrected chi connectivity index (χ1v) is 10.2. The number of aliphatic hydroxyl groups excluding tert-OH is 1. The minimum Gasteiger partial charge on any atom is -0.513 e. The average Bonchev–Trinajstić information content (AvgIpc) is 3.16. The van der Waals surface area contributed by atoms with Crippen molar-refractivity contribution in [3.8, 4) is 11.6 Å². The third kappa shape index (κ3) is 4.81. The summed E-state index contributed by atoms with van der Waals surface area (Å²) in [7, 11) is 1.65. The number of pyridine rings is 1. The van der Waals surface area contributed by atoms with Gasteiger partial charge in [-0.3, -0.25) is 0 Å². The largest absolute Gasteiger partial charge is 0.513 e. The first-order chi connectivity index (χ1) is 13.9. The summed E-state index contributed by atoms with van der Waals surface area (Å²) in [6.07, 6.45) is 6.57. The lowest BCUT2D eigenvalue weighted by Crippen LogP contribution is -2.04. The van der Waals surface area contributed by atoms with Crippen LogP contribution in [0, 0.1) is 20.8 Å². The fourth-order valence-corrected chi connectivity index (χ4v) is 3.98. The number of ether oxygens (including phenoxy) is 2. The molecule has 4 heteroatoms. The predicted molar refractivity (Wildman–Crippen MR) is 118 cm³/mol. The van der Waals surface area contributed by atoms with E-state index in [0.717, 1.165) is 42.6 Å². The van der Waals surface area contributed by atoms with Crippen LogP contribution in [0.1, 0.15) is 53.5 Å². The Hall–Kier alpha value is -2.75. The molecule has 2 aromatic rings. The maximum absolute atomic E-state index is 9.36. The summed E-state index contributed by atoms with van der Waals surface area (Å²) < 4.78 is 11.5. The third-order valence-electron chi connectivity index (χ3n) is 5.84. The van der Waals surface area contributed by atoms with Crippen molar-refractivity contribution >= 4 is 5.57 Å². The van der Waals surface area contributed by atoms with Gasteiger partial charge in [0, 0.05) is 18.2 Å². The van der Waals surface area contributed by atoms with E-state index in [1.54, 1.807) is 7.11 Å². The van der Waals surface area contributed by atoms with Gasteiger partial charge in [0.1, 0.15) is 12.4 Å². The van der Waals surface area contributed by atoms with Gasteiger partial charge in [-0.1, -0.05) is 12.6 Å². The van der Waals surface area contributed by atoms with Gasteiger partial charge in [-0.15, -0.1) is 0 Å². The molecule has 1 aliphatic carbocycles. The molecular weight excluding hydrogens is 362 g/mol. The minimum atomic E-state index is 0.228. The van der Waals surface area contributed by atoms with Crippen molar-refractivity contribution in [3.05, 3.63) is 70.1 Å². The Kier molecular flexibility index (Phi) is 6.63. The van der Waals surface area contributed by atoms with E-state index in [9.17, 15) is 5.11 Å². The van der Waals surface area contributed by atoms with Crippen LogP contribution >= 0.6 is 0 Å². The Bertz CT molecular complexity index is 943. The Morgan fingerprint density at radius 3 is 2.66 bits per heavy atom. The molecule has 3 rings (SSSR count). The van der Waals surface area contributed by atoms with Crippen LogP contribution in [0.3, 0.4) is 0 Å². The van der Waals surface area contributed by atoms with Crippen LogP contribution in [0.2, 0.25) is 0 Å². The van der Waals surface area contributed by atoms with Gasteiger partial charge in [-0.2, -0.15) is 0 Å². The molecule has 29 heavy (non-hydrogen) atoms. The molecular formula is C25H31NO3. The van der Waals surface area contributed by atoms with E-state index in [-0.39, 0.29) is 5.76 Å². The number of aryl methyl sites for hydroxylation is 2. The van der Waals surface area contributed by atoms with Crippen molar-refractivity contribution in [2.24, 2.45) is 0 Å². The van der Waals surface area contributed by atoms with Crippen molar-refractivity contribution < 1.29 is 14.6 Å². The number of benzene rings is 1. The van der Waals surface area contributed by atoms with E-state index in [0.29, 0.717) is 18.9 Å². The lowest BCUT2D eigenvalue weighted by Gasteiger charge is -2.16. The highest BCUT2D eigenvalue weighted by Crippen LogP contribution is 2.35. The molecule has 1 N–H and O–H groups in total. The molecule has 4 nitrogen and oxygen atoms in total. The molecule has 0 spiro atoms. The van der Waals surface area contributed by atoms with E-state index < -0.39 is 0 Å². The van der Waals surface area contributed by atoms with E-state index >= 15 is 0 Å². The number of aliphatic hydroxyl groups is 1. The zero-order valence-corrected chi connectivity index (χ0v) is 18.0. The van der Waals surface area contributed by atoms with Crippen LogP contribution in [-0.2, 0) is 6.42 Å².